The summed E-state index contributed by atoms with van der Waals surface area (Å²) in [5.74, 6) is -1.47. The molecule has 0 spiro atoms. The third-order valence-corrected chi connectivity index (χ3v) is 4.66. The number of carbonyl (C=O) groups is 2. The first-order valence-electron chi connectivity index (χ1n) is 7.35. The first-order chi connectivity index (χ1) is 11.5. The van der Waals surface area contributed by atoms with Gasteiger partial charge in [0.1, 0.15) is 11.6 Å². The number of aromatic nitrogens is 2. The van der Waals surface area contributed by atoms with Crippen molar-refractivity contribution in [3.05, 3.63) is 46.2 Å². The Morgan fingerprint density at radius 3 is 2.71 bits per heavy atom. The molecule has 1 aromatic heterocycles. The maximum Gasteiger partial charge on any atom is 0.278 e. The van der Waals surface area contributed by atoms with E-state index in [9.17, 15) is 9.59 Å². The number of nitrogens with zero attached hydrogens (tertiary/aromatic N) is 4. The summed E-state index contributed by atoms with van der Waals surface area (Å²) in [6, 6.07) is 7.05. The standard InChI is InChI=1S/C16H13BrN4O3/c1-8-11(7-20(2)18-8)13-12-14(24-19-13)16(23)21(15(12)22)10-5-3-4-9(17)6-10/h3-7,12,14H,1-2H3/t12-,14+/m0/s1. The van der Waals surface area contributed by atoms with E-state index in [1.54, 1.807) is 36.1 Å². The van der Waals surface area contributed by atoms with E-state index in [4.69, 9.17) is 4.84 Å². The molecule has 4 rings (SSSR count). The number of hydrogen-bond donors (Lipinski definition) is 0. The summed E-state index contributed by atoms with van der Waals surface area (Å²) in [6.45, 7) is 1.83. The largest absolute Gasteiger partial charge is 0.381 e. The van der Waals surface area contributed by atoms with Gasteiger partial charge in [-0.1, -0.05) is 27.2 Å². The minimum Gasteiger partial charge on any atom is -0.381 e. The summed E-state index contributed by atoms with van der Waals surface area (Å²) in [5, 5.41) is 8.26. The minimum absolute atomic E-state index is 0.331. The van der Waals surface area contributed by atoms with Crippen LogP contribution in [0.2, 0.25) is 0 Å². The zero-order valence-corrected chi connectivity index (χ0v) is 14.5. The molecule has 1 saturated heterocycles. The molecule has 0 unspecified atom stereocenters. The van der Waals surface area contributed by atoms with E-state index in [-0.39, 0.29) is 5.91 Å². The van der Waals surface area contributed by atoms with Crippen molar-refractivity contribution >= 4 is 39.1 Å². The van der Waals surface area contributed by atoms with E-state index < -0.39 is 17.9 Å². The molecular formula is C16H13BrN4O3. The van der Waals surface area contributed by atoms with E-state index in [1.807, 2.05) is 13.0 Å². The number of amides is 2. The molecule has 2 amide bonds. The fraction of sp³-hybridized carbons (Fsp3) is 0.250. The Kier molecular flexibility index (Phi) is 3.31. The molecule has 3 heterocycles. The van der Waals surface area contributed by atoms with Crippen LogP contribution in [0, 0.1) is 12.8 Å². The van der Waals surface area contributed by atoms with Gasteiger partial charge in [-0.25, -0.2) is 4.90 Å². The number of oxime groups is 1. The van der Waals surface area contributed by atoms with Gasteiger partial charge in [0.15, 0.2) is 0 Å². The van der Waals surface area contributed by atoms with Crippen molar-refractivity contribution in [2.24, 2.45) is 18.1 Å². The predicted octanol–water partition coefficient (Wildman–Crippen LogP) is 1.78. The lowest BCUT2D eigenvalue weighted by Crippen LogP contribution is -2.33. The predicted molar refractivity (Wildman–Crippen MR) is 89.5 cm³/mol. The zero-order chi connectivity index (χ0) is 17.0. The van der Waals surface area contributed by atoms with Crippen LogP contribution >= 0.6 is 15.9 Å². The number of imide groups is 1. The lowest BCUT2D eigenvalue weighted by atomic mass is 9.94. The number of benzene rings is 1. The summed E-state index contributed by atoms with van der Waals surface area (Å²) in [5.41, 5.74) is 2.44. The van der Waals surface area contributed by atoms with Crippen LogP contribution in [0.25, 0.3) is 0 Å². The number of hydrogen-bond acceptors (Lipinski definition) is 5. The van der Waals surface area contributed by atoms with Crippen molar-refractivity contribution in [2.45, 2.75) is 13.0 Å². The molecule has 1 fully saturated rings. The van der Waals surface area contributed by atoms with Gasteiger partial charge in [-0.15, -0.1) is 0 Å². The smallest absolute Gasteiger partial charge is 0.278 e. The van der Waals surface area contributed by atoms with Gasteiger partial charge in [-0.2, -0.15) is 5.10 Å². The highest BCUT2D eigenvalue weighted by Gasteiger charge is 2.56. The second-order valence-corrected chi connectivity index (χ2v) is 6.69. The lowest BCUT2D eigenvalue weighted by Gasteiger charge is -2.15. The SMILES string of the molecule is Cc1nn(C)cc1C1=NO[C@H]2C(=O)N(c3cccc(Br)c3)C(=O)[C@@H]12. The molecule has 2 aliphatic rings. The van der Waals surface area contributed by atoms with Crippen molar-refractivity contribution < 1.29 is 14.4 Å². The maximum absolute atomic E-state index is 12.9. The molecule has 7 nitrogen and oxygen atoms in total. The second kappa shape index (κ2) is 5.27. The van der Waals surface area contributed by atoms with Gasteiger partial charge in [0.05, 0.1) is 11.4 Å². The van der Waals surface area contributed by atoms with Crippen LogP contribution in [0.1, 0.15) is 11.3 Å². The highest BCUT2D eigenvalue weighted by Crippen LogP contribution is 2.36. The number of anilines is 1. The second-order valence-electron chi connectivity index (χ2n) is 5.77. The molecule has 0 saturated carbocycles. The van der Waals surface area contributed by atoms with Gasteiger partial charge >= 0.3 is 0 Å². The topological polar surface area (TPSA) is 76.8 Å². The maximum atomic E-state index is 12.9. The van der Waals surface area contributed by atoms with Crippen molar-refractivity contribution in [3.8, 4) is 0 Å². The molecule has 2 atom stereocenters. The average molecular weight is 389 g/mol. The fourth-order valence-electron chi connectivity index (χ4n) is 3.12. The molecule has 1 aromatic carbocycles. The number of aryl methyl sites for hydroxylation is 2. The number of fused-ring (bicyclic) bond motifs is 1. The quantitative estimate of drug-likeness (QED) is 0.734. The van der Waals surface area contributed by atoms with Crippen molar-refractivity contribution in [3.63, 3.8) is 0 Å². The van der Waals surface area contributed by atoms with Crippen LogP contribution in [0.4, 0.5) is 5.69 Å². The number of rotatable bonds is 2. The highest BCUT2D eigenvalue weighted by atomic mass is 79.9. The average Bonchev–Trinajstić information content (AvgIpc) is 3.16. The van der Waals surface area contributed by atoms with E-state index in [1.165, 1.54) is 4.90 Å². The molecule has 0 bridgehead atoms. The Morgan fingerprint density at radius 1 is 1.25 bits per heavy atom. The fourth-order valence-corrected chi connectivity index (χ4v) is 3.51. The number of halogens is 1. The Morgan fingerprint density at radius 2 is 2.04 bits per heavy atom. The summed E-state index contributed by atoms with van der Waals surface area (Å²) < 4.78 is 2.43. The van der Waals surface area contributed by atoms with E-state index >= 15 is 0 Å². The van der Waals surface area contributed by atoms with Crippen molar-refractivity contribution in [2.75, 3.05) is 4.90 Å². The van der Waals surface area contributed by atoms with Crippen LogP contribution in [-0.4, -0.2) is 33.4 Å². The van der Waals surface area contributed by atoms with Gasteiger partial charge in [-0.3, -0.25) is 14.3 Å². The highest BCUT2D eigenvalue weighted by molar-refractivity contribution is 9.10. The Hall–Kier alpha value is -2.48. The molecule has 0 aliphatic carbocycles. The summed E-state index contributed by atoms with van der Waals surface area (Å²) in [6.07, 6.45) is 0.866. The molecule has 0 N–H and O–H groups in total. The third-order valence-electron chi connectivity index (χ3n) is 4.17. The molecule has 8 heteroatoms. The normalized spacial score (nSPS) is 22.6. The zero-order valence-electron chi connectivity index (χ0n) is 12.9. The minimum atomic E-state index is -0.911. The van der Waals surface area contributed by atoms with E-state index in [2.05, 4.69) is 26.2 Å². The summed E-state index contributed by atoms with van der Waals surface area (Å²) in [4.78, 5) is 32.0. The van der Waals surface area contributed by atoms with Gasteiger partial charge in [0.25, 0.3) is 5.91 Å². The van der Waals surface area contributed by atoms with E-state index in [0.717, 1.165) is 15.7 Å². The lowest BCUT2D eigenvalue weighted by molar-refractivity contribution is -0.126. The molecule has 122 valence electrons. The van der Waals surface area contributed by atoms with Crippen molar-refractivity contribution in [1.82, 2.24) is 9.78 Å². The van der Waals surface area contributed by atoms with E-state index in [0.29, 0.717) is 11.4 Å². The Bertz CT molecular complexity index is 904. The molecule has 0 radical (unpaired) electrons. The molecule has 24 heavy (non-hydrogen) atoms. The van der Waals surface area contributed by atoms with Crippen LogP contribution in [0.5, 0.6) is 0 Å². The van der Waals surface area contributed by atoms with Crippen LogP contribution in [0.15, 0.2) is 40.1 Å². The Balaban J connectivity index is 1.74. The third kappa shape index (κ3) is 2.10. The van der Waals surface area contributed by atoms with Gasteiger partial charge in [0.2, 0.25) is 12.0 Å². The number of carbonyl (C=O) groups excluding carboxylic acids is 2. The monoisotopic (exact) mass is 388 g/mol. The van der Waals surface area contributed by atoms with Crippen LogP contribution in [-0.2, 0) is 21.5 Å². The first-order valence-corrected chi connectivity index (χ1v) is 8.14. The van der Waals surface area contributed by atoms with Crippen molar-refractivity contribution in [1.29, 1.82) is 0 Å². The van der Waals surface area contributed by atoms with Gasteiger partial charge in [-0.05, 0) is 25.1 Å². The van der Waals surface area contributed by atoms with Crippen LogP contribution < -0.4 is 4.90 Å². The first kappa shape index (κ1) is 15.1. The molecule has 2 aliphatic heterocycles. The van der Waals surface area contributed by atoms with Gasteiger partial charge < -0.3 is 4.84 Å². The Labute approximate surface area is 146 Å². The summed E-state index contributed by atoms with van der Waals surface area (Å²) in [7, 11) is 1.79. The molecular weight excluding hydrogens is 376 g/mol. The molecule has 2 aromatic rings. The van der Waals surface area contributed by atoms with Crippen LogP contribution in [0.3, 0.4) is 0 Å². The summed E-state index contributed by atoms with van der Waals surface area (Å²) >= 11 is 3.36. The van der Waals surface area contributed by atoms with Gasteiger partial charge in [0, 0.05) is 23.3 Å².